The molecule has 9 atom stereocenters. The second-order valence-corrected chi connectivity index (χ2v) is 14.9. The average Bonchev–Trinajstić information content (AvgIpc) is 3.57. The Balaban J connectivity index is 1.22. The minimum absolute atomic E-state index is 0.00281. The van der Waals surface area contributed by atoms with Crippen LogP contribution in [0.2, 0.25) is 0 Å². The summed E-state index contributed by atoms with van der Waals surface area (Å²) in [5.74, 6) is 0.695. The number of fused-ring (bicyclic) bond motifs is 8. The van der Waals surface area contributed by atoms with Crippen molar-refractivity contribution in [1.82, 2.24) is 9.97 Å². The highest BCUT2D eigenvalue weighted by Gasteiger charge is 2.75. The minimum atomic E-state index is -1.10. The standard InChI is InChI=1S/C31H36N2O5S2/c1-4-6-25-37-24-14-20-19-9-8-17-13-18(34)10-11-29(17,2)26(19)22(35)15-30(20,3)31(24,38-25)23(36)16-39-28-33-21-7-5-12-32-27(21)40-28/h5,7,10-13,19-20,22,24-26,35H,4,6,8-9,14-16H2,1-3H3/t19?,20?,22?,24-,25-,26?,29?,30?,31-/m1/s1. The molecule has 6 unspecified atom stereocenters. The average molecular weight is 581 g/mol. The van der Waals surface area contributed by atoms with Gasteiger partial charge in [-0.1, -0.05) is 61.9 Å². The summed E-state index contributed by atoms with van der Waals surface area (Å²) in [6.07, 6.45) is 10.5. The predicted molar refractivity (Wildman–Crippen MR) is 154 cm³/mol. The number of pyridine rings is 1. The molecule has 7 rings (SSSR count). The van der Waals surface area contributed by atoms with Crippen LogP contribution < -0.4 is 0 Å². The number of rotatable bonds is 6. The topological polar surface area (TPSA) is 98.6 Å². The van der Waals surface area contributed by atoms with Crippen LogP contribution in [0, 0.1) is 28.6 Å². The van der Waals surface area contributed by atoms with Crippen LogP contribution in [0.15, 0.2) is 46.5 Å². The van der Waals surface area contributed by atoms with Crippen molar-refractivity contribution in [3.63, 3.8) is 0 Å². The molecule has 2 aromatic heterocycles. The lowest BCUT2D eigenvalue weighted by atomic mass is 9.46. The van der Waals surface area contributed by atoms with Crippen LogP contribution in [0.1, 0.15) is 59.3 Å². The highest BCUT2D eigenvalue weighted by Crippen LogP contribution is 2.69. The van der Waals surface area contributed by atoms with Crippen LogP contribution in [-0.2, 0) is 19.1 Å². The van der Waals surface area contributed by atoms with Gasteiger partial charge in [-0.05, 0) is 68.2 Å². The number of aromatic nitrogens is 2. The van der Waals surface area contributed by atoms with Crippen molar-refractivity contribution in [2.75, 3.05) is 5.75 Å². The first kappa shape index (κ1) is 27.0. The Bertz CT molecular complexity index is 1400. The smallest absolute Gasteiger partial charge is 0.178 e. The van der Waals surface area contributed by atoms with Gasteiger partial charge in [-0.25, -0.2) is 9.97 Å². The van der Waals surface area contributed by atoms with E-state index in [1.165, 1.54) is 23.1 Å². The number of hydrogen-bond acceptors (Lipinski definition) is 9. The molecule has 1 N–H and O–H groups in total. The van der Waals surface area contributed by atoms with E-state index in [-0.39, 0.29) is 46.6 Å². The predicted octanol–water partition coefficient (Wildman–Crippen LogP) is 5.52. The molecule has 2 aromatic rings. The third-order valence-electron chi connectivity index (χ3n) is 10.7. The Kier molecular flexibility index (Phi) is 6.44. The number of allylic oxidation sites excluding steroid dienone is 4. The normalized spacial score (nSPS) is 41.8. The van der Waals surface area contributed by atoms with E-state index in [2.05, 4.69) is 30.7 Å². The molecule has 40 heavy (non-hydrogen) atoms. The fourth-order valence-corrected chi connectivity index (χ4v) is 11.0. The van der Waals surface area contributed by atoms with Crippen LogP contribution in [0.5, 0.6) is 0 Å². The zero-order chi connectivity index (χ0) is 27.9. The van der Waals surface area contributed by atoms with Crippen LogP contribution in [0.25, 0.3) is 10.3 Å². The highest BCUT2D eigenvalue weighted by atomic mass is 32.2. The Hall–Kier alpha value is -1.91. The molecule has 212 valence electrons. The lowest BCUT2D eigenvalue weighted by Crippen LogP contribution is -2.63. The lowest BCUT2D eigenvalue weighted by molar-refractivity contribution is -0.197. The maximum absolute atomic E-state index is 14.4. The number of hydrogen-bond donors (Lipinski definition) is 1. The van der Waals surface area contributed by atoms with Crippen molar-refractivity contribution in [2.24, 2.45) is 28.6 Å². The van der Waals surface area contributed by atoms with Crippen molar-refractivity contribution in [2.45, 2.75) is 87.7 Å². The SMILES string of the molecule is CCC[C@@H]1O[C@@H]2CC3C4CCC5=CC(=O)C=CC5(C)C4C(O)CC3(C)[C@]2(C(=O)CSc2nc3cccnc3s2)O1. The molecule has 3 heterocycles. The largest absolute Gasteiger partial charge is 0.393 e. The van der Waals surface area contributed by atoms with Gasteiger partial charge in [-0.15, -0.1) is 0 Å². The number of carbonyl (C=O) groups excluding carboxylic acids is 2. The van der Waals surface area contributed by atoms with Crippen molar-refractivity contribution >= 4 is 45.0 Å². The first-order chi connectivity index (χ1) is 19.2. The van der Waals surface area contributed by atoms with E-state index in [9.17, 15) is 14.7 Å². The maximum Gasteiger partial charge on any atom is 0.178 e. The quantitative estimate of drug-likeness (QED) is 0.446. The third kappa shape index (κ3) is 3.73. The Morgan fingerprint density at radius 1 is 1.32 bits per heavy atom. The molecule has 0 amide bonds. The number of thioether (sulfide) groups is 1. The first-order valence-corrected chi connectivity index (χ1v) is 16.3. The lowest BCUT2D eigenvalue weighted by Gasteiger charge is -2.59. The molecule has 4 fully saturated rings. The van der Waals surface area contributed by atoms with E-state index in [4.69, 9.17) is 9.47 Å². The monoisotopic (exact) mass is 580 g/mol. The van der Waals surface area contributed by atoms with Gasteiger partial charge in [0.1, 0.15) is 10.3 Å². The van der Waals surface area contributed by atoms with Gasteiger partial charge in [0.15, 0.2) is 27.8 Å². The number of aliphatic hydroxyl groups excluding tert-OH is 1. The molecule has 0 radical (unpaired) electrons. The number of nitrogens with zero attached hydrogens (tertiary/aromatic N) is 2. The van der Waals surface area contributed by atoms with E-state index in [0.29, 0.717) is 6.42 Å². The fourth-order valence-electron chi connectivity index (χ4n) is 9.05. The first-order valence-electron chi connectivity index (χ1n) is 14.5. The maximum atomic E-state index is 14.4. The highest BCUT2D eigenvalue weighted by molar-refractivity contribution is 8.01. The fraction of sp³-hybridized carbons (Fsp3) is 0.613. The molecule has 1 aliphatic heterocycles. The van der Waals surface area contributed by atoms with Gasteiger partial charge in [-0.3, -0.25) is 9.59 Å². The molecule has 1 saturated heterocycles. The molecule has 5 aliphatic rings. The van der Waals surface area contributed by atoms with Gasteiger partial charge in [-0.2, -0.15) is 0 Å². The van der Waals surface area contributed by atoms with Crippen LogP contribution >= 0.6 is 23.1 Å². The second-order valence-electron chi connectivity index (χ2n) is 12.7. The number of Topliss-reactive ketones (excluding diaryl/α,β-unsaturated/α-hetero) is 1. The summed E-state index contributed by atoms with van der Waals surface area (Å²) in [5, 5.41) is 11.9. The Morgan fingerprint density at radius 3 is 2.98 bits per heavy atom. The van der Waals surface area contributed by atoms with Gasteiger partial charge in [0, 0.05) is 22.9 Å². The van der Waals surface area contributed by atoms with E-state index >= 15 is 0 Å². The summed E-state index contributed by atoms with van der Waals surface area (Å²) in [5.41, 5.74) is -0.0329. The van der Waals surface area contributed by atoms with Crippen molar-refractivity contribution in [1.29, 1.82) is 0 Å². The van der Waals surface area contributed by atoms with Crippen molar-refractivity contribution in [3.8, 4) is 0 Å². The van der Waals surface area contributed by atoms with Crippen molar-refractivity contribution < 1.29 is 24.2 Å². The number of ketones is 2. The van der Waals surface area contributed by atoms with E-state index in [0.717, 1.165) is 52.4 Å². The van der Waals surface area contributed by atoms with Crippen LogP contribution in [-0.4, -0.2) is 56.5 Å². The van der Waals surface area contributed by atoms with Crippen molar-refractivity contribution in [3.05, 3.63) is 42.1 Å². The summed E-state index contributed by atoms with van der Waals surface area (Å²) in [4.78, 5) is 36.6. The summed E-state index contributed by atoms with van der Waals surface area (Å²) < 4.78 is 14.1. The number of aliphatic hydroxyl groups is 1. The number of carbonyl (C=O) groups is 2. The summed E-state index contributed by atoms with van der Waals surface area (Å²) in [7, 11) is 0. The van der Waals surface area contributed by atoms with Crippen LogP contribution in [0.4, 0.5) is 0 Å². The molecule has 0 aromatic carbocycles. The molecule has 0 bridgehead atoms. The minimum Gasteiger partial charge on any atom is -0.393 e. The third-order valence-corrected chi connectivity index (χ3v) is 12.8. The summed E-state index contributed by atoms with van der Waals surface area (Å²) >= 11 is 2.95. The molecular formula is C31H36N2O5S2. The molecular weight excluding hydrogens is 544 g/mol. The zero-order valence-electron chi connectivity index (χ0n) is 23.2. The van der Waals surface area contributed by atoms with E-state index in [1.807, 2.05) is 18.2 Å². The summed E-state index contributed by atoms with van der Waals surface area (Å²) in [6.45, 7) is 6.45. The van der Waals surface area contributed by atoms with Gasteiger partial charge in [0.2, 0.25) is 0 Å². The van der Waals surface area contributed by atoms with E-state index < -0.39 is 23.4 Å². The number of thiazole rings is 1. The van der Waals surface area contributed by atoms with Gasteiger partial charge >= 0.3 is 0 Å². The Morgan fingerprint density at radius 2 is 2.17 bits per heavy atom. The number of ether oxygens (including phenoxy) is 2. The van der Waals surface area contributed by atoms with Gasteiger partial charge in [0.05, 0.1) is 18.0 Å². The Labute approximate surface area is 242 Å². The second kappa shape index (κ2) is 9.56. The molecule has 0 spiro atoms. The molecule has 7 nitrogen and oxygen atoms in total. The molecule has 3 saturated carbocycles. The zero-order valence-corrected chi connectivity index (χ0v) is 24.8. The van der Waals surface area contributed by atoms with Gasteiger partial charge in [0.25, 0.3) is 0 Å². The summed E-state index contributed by atoms with van der Waals surface area (Å²) in [6, 6.07) is 3.81. The van der Waals surface area contributed by atoms with E-state index in [1.54, 1.807) is 18.3 Å². The van der Waals surface area contributed by atoms with Crippen LogP contribution in [0.3, 0.4) is 0 Å². The molecule has 4 aliphatic carbocycles. The van der Waals surface area contributed by atoms with Gasteiger partial charge < -0.3 is 14.6 Å². The molecule has 9 heteroatoms.